The van der Waals surface area contributed by atoms with Crippen molar-refractivity contribution in [2.45, 2.75) is 20.0 Å². The van der Waals surface area contributed by atoms with Crippen LogP contribution in [-0.4, -0.2) is 20.5 Å². The predicted octanol–water partition coefficient (Wildman–Crippen LogP) is 5.28. The molecule has 0 radical (unpaired) electrons. The van der Waals surface area contributed by atoms with Gasteiger partial charge in [0, 0.05) is 11.8 Å². The second-order valence-electron chi connectivity index (χ2n) is 6.82. The van der Waals surface area contributed by atoms with E-state index < -0.39 is 17.6 Å². The summed E-state index contributed by atoms with van der Waals surface area (Å²) in [5.41, 5.74) is 2.48. The van der Waals surface area contributed by atoms with Crippen molar-refractivity contribution in [3.8, 4) is 11.1 Å². The summed E-state index contributed by atoms with van der Waals surface area (Å²) in [5.74, 6) is -0.687. The van der Waals surface area contributed by atoms with Gasteiger partial charge in [0.05, 0.1) is 28.2 Å². The summed E-state index contributed by atoms with van der Waals surface area (Å²) in [4.78, 5) is 17.2. The van der Waals surface area contributed by atoms with Crippen LogP contribution in [0.2, 0.25) is 0 Å². The van der Waals surface area contributed by atoms with E-state index in [9.17, 15) is 18.0 Å². The van der Waals surface area contributed by atoms with Crippen molar-refractivity contribution in [3.63, 3.8) is 0 Å². The van der Waals surface area contributed by atoms with Crippen molar-refractivity contribution in [2.24, 2.45) is 0 Å². The molecule has 4 rings (SSSR count). The van der Waals surface area contributed by atoms with Gasteiger partial charge in [0.25, 0.3) is 5.91 Å². The van der Waals surface area contributed by atoms with Crippen molar-refractivity contribution < 1.29 is 18.0 Å². The fourth-order valence-corrected chi connectivity index (χ4v) is 3.40. The Morgan fingerprint density at radius 3 is 2.37 bits per heavy atom. The number of hydrogen-bond acceptors (Lipinski definition) is 3. The summed E-state index contributed by atoms with van der Waals surface area (Å²) in [5, 5.41) is 6.84. The minimum Gasteiger partial charge on any atom is -0.321 e. The third kappa shape index (κ3) is 3.41. The summed E-state index contributed by atoms with van der Waals surface area (Å²) in [6, 6.07) is 14.4. The van der Waals surface area contributed by atoms with Crippen LogP contribution in [0.1, 0.15) is 27.3 Å². The average Bonchev–Trinajstić information content (AvgIpc) is 3.05. The van der Waals surface area contributed by atoms with Crippen LogP contribution in [0.15, 0.2) is 60.8 Å². The molecule has 0 aliphatic heterocycles. The second-order valence-corrected chi connectivity index (χ2v) is 6.82. The Morgan fingerprint density at radius 2 is 1.67 bits per heavy atom. The van der Waals surface area contributed by atoms with Crippen LogP contribution in [0.5, 0.6) is 0 Å². The third-order valence-electron chi connectivity index (χ3n) is 4.85. The number of amides is 1. The van der Waals surface area contributed by atoms with E-state index in [2.05, 4.69) is 15.4 Å². The van der Waals surface area contributed by atoms with Crippen molar-refractivity contribution >= 4 is 17.2 Å². The van der Waals surface area contributed by atoms with Crippen molar-refractivity contribution in [1.29, 1.82) is 0 Å². The lowest BCUT2D eigenvalue weighted by atomic mass is 10.1. The van der Waals surface area contributed by atoms with Gasteiger partial charge in [0.1, 0.15) is 0 Å². The predicted molar refractivity (Wildman–Crippen MR) is 107 cm³/mol. The Balaban J connectivity index is 1.75. The number of alkyl halides is 3. The number of halogens is 3. The minimum atomic E-state index is -4.58. The largest absolute Gasteiger partial charge is 0.418 e. The molecular weight excluding hydrogens is 393 g/mol. The third-order valence-corrected chi connectivity index (χ3v) is 4.85. The van der Waals surface area contributed by atoms with Crippen LogP contribution in [0.4, 0.5) is 18.9 Å². The highest BCUT2D eigenvalue weighted by Gasteiger charge is 2.33. The van der Waals surface area contributed by atoms with E-state index in [0.717, 1.165) is 22.9 Å². The SMILES string of the molecule is Cc1nn2c(C)c(C(=O)Nc3ccccc3C(F)(F)F)cnc2c1-c1ccccc1. The highest BCUT2D eigenvalue weighted by molar-refractivity contribution is 6.05. The molecule has 0 saturated heterocycles. The highest BCUT2D eigenvalue weighted by Crippen LogP contribution is 2.35. The van der Waals surface area contributed by atoms with Gasteiger partial charge >= 0.3 is 6.18 Å². The van der Waals surface area contributed by atoms with Gasteiger partial charge in [-0.1, -0.05) is 42.5 Å². The molecule has 0 fully saturated rings. The first-order valence-electron chi connectivity index (χ1n) is 9.15. The van der Waals surface area contributed by atoms with Gasteiger partial charge < -0.3 is 5.32 Å². The van der Waals surface area contributed by atoms with Gasteiger partial charge in [-0.3, -0.25) is 4.79 Å². The van der Waals surface area contributed by atoms with E-state index in [1.807, 2.05) is 37.3 Å². The molecule has 0 spiro atoms. The van der Waals surface area contributed by atoms with E-state index in [1.165, 1.54) is 24.4 Å². The van der Waals surface area contributed by atoms with Crippen LogP contribution in [-0.2, 0) is 6.18 Å². The number of carbonyl (C=O) groups is 1. The lowest BCUT2D eigenvalue weighted by molar-refractivity contribution is -0.136. The minimum absolute atomic E-state index is 0.140. The quantitative estimate of drug-likeness (QED) is 0.500. The number of nitrogens with one attached hydrogen (secondary N) is 1. The van der Waals surface area contributed by atoms with Crippen molar-refractivity contribution in [2.75, 3.05) is 5.32 Å². The summed E-state index contributed by atoms with van der Waals surface area (Å²) < 4.78 is 41.2. The van der Waals surface area contributed by atoms with Gasteiger partial charge in [0.2, 0.25) is 0 Å². The number of aromatic nitrogens is 3. The number of anilines is 1. The maximum atomic E-state index is 13.2. The lowest BCUT2D eigenvalue weighted by Gasteiger charge is -2.14. The van der Waals surface area contributed by atoms with Gasteiger partial charge in [0.15, 0.2) is 5.65 Å². The number of para-hydroxylation sites is 1. The zero-order chi connectivity index (χ0) is 21.5. The molecule has 0 unspecified atom stereocenters. The number of rotatable bonds is 3. The summed E-state index contributed by atoms with van der Waals surface area (Å²) in [6.07, 6.45) is -3.21. The van der Waals surface area contributed by atoms with Crippen LogP contribution >= 0.6 is 0 Å². The number of carbonyl (C=O) groups excluding carboxylic acids is 1. The zero-order valence-electron chi connectivity index (χ0n) is 16.2. The molecule has 2 aromatic heterocycles. The summed E-state index contributed by atoms with van der Waals surface area (Å²) in [7, 11) is 0. The topological polar surface area (TPSA) is 59.3 Å². The molecule has 1 N–H and O–H groups in total. The molecule has 0 atom stereocenters. The van der Waals surface area contributed by atoms with E-state index in [-0.39, 0.29) is 11.3 Å². The molecule has 152 valence electrons. The second kappa shape index (κ2) is 7.29. The fraction of sp³-hybridized carbons (Fsp3) is 0.136. The maximum absolute atomic E-state index is 13.2. The summed E-state index contributed by atoms with van der Waals surface area (Å²) >= 11 is 0. The molecule has 1 amide bonds. The van der Waals surface area contributed by atoms with Crippen LogP contribution in [0, 0.1) is 13.8 Å². The molecule has 0 aliphatic rings. The standard InChI is InChI=1S/C22H17F3N4O/c1-13-19(15-8-4-3-5-9-15)20-26-12-16(14(2)29(20)28-13)21(30)27-18-11-7-6-10-17(18)22(23,24)25/h3-12H,1-2H3,(H,27,30). The number of nitrogens with zero attached hydrogens (tertiary/aromatic N) is 3. The van der Waals surface area contributed by atoms with Crippen LogP contribution in [0.25, 0.3) is 16.8 Å². The van der Waals surface area contributed by atoms with E-state index >= 15 is 0 Å². The molecule has 2 heterocycles. The van der Waals surface area contributed by atoms with E-state index in [4.69, 9.17) is 0 Å². The Bertz CT molecular complexity index is 1250. The first-order chi connectivity index (χ1) is 14.3. The molecule has 0 aliphatic carbocycles. The van der Waals surface area contributed by atoms with Gasteiger partial charge in [-0.15, -0.1) is 0 Å². The Morgan fingerprint density at radius 1 is 1.00 bits per heavy atom. The van der Waals surface area contributed by atoms with E-state index in [0.29, 0.717) is 11.3 Å². The molecule has 2 aromatic carbocycles. The lowest BCUT2D eigenvalue weighted by Crippen LogP contribution is -2.19. The maximum Gasteiger partial charge on any atom is 0.418 e. The first-order valence-corrected chi connectivity index (χ1v) is 9.15. The number of benzene rings is 2. The number of hydrogen-bond donors (Lipinski definition) is 1. The Kier molecular flexibility index (Phi) is 4.77. The Labute approximate surface area is 170 Å². The summed E-state index contributed by atoms with van der Waals surface area (Å²) in [6.45, 7) is 3.52. The zero-order valence-corrected chi connectivity index (χ0v) is 16.2. The normalized spacial score (nSPS) is 11.6. The van der Waals surface area contributed by atoms with Crippen molar-refractivity contribution in [1.82, 2.24) is 14.6 Å². The fourth-order valence-electron chi connectivity index (χ4n) is 3.40. The highest BCUT2D eigenvalue weighted by atomic mass is 19.4. The van der Waals surface area contributed by atoms with Crippen LogP contribution in [0.3, 0.4) is 0 Å². The smallest absolute Gasteiger partial charge is 0.321 e. The number of fused-ring (bicyclic) bond motifs is 1. The van der Waals surface area contributed by atoms with Gasteiger partial charge in [-0.25, -0.2) is 9.50 Å². The van der Waals surface area contributed by atoms with Gasteiger partial charge in [-0.05, 0) is 31.5 Å². The van der Waals surface area contributed by atoms with Gasteiger partial charge in [-0.2, -0.15) is 18.3 Å². The molecule has 5 nitrogen and oxygen atoms in total. The average molecular weight is 410 g/mol. The molecule has 30 heavy (non-hydrogen) atoms. The first kappa shape index (κ1) is 19.6. The molecule has 0 bridgehead atoms. The van der Waals surface area contributed by atoms with Crippen molar-refractivity contribution in [3.05, 3.63) is 83.3 Å². The molecule has 4 aromatic rings. The van der Waals surface area contributed by atoms with E-state index in [1.54, 1.807) is 11.4 Å². The Hall–Kier alpha value is -3.68. The molecule has 8 heteroatoms. The monoisotopic (exact) mass is 410 g/mol. The molecular formula is C22H17F3N4O. The molecule has 0 saturated carbocycles. The number of aryl methyl sites for hydroxylation is 2. The van der Waals surface area contributed by atoms with Crippen LogP contribution < -0.4 is 5.32 Å².